The molecule has 1 aliphatic rings. The Kier molecular flexibility index (Phi) is 3.77. The highest BCUT2D eigenvalue weighted by molar-refractivity contribution is 5.46. The van der Waals surface area contributed by atoms with Crippen molar-refractivity contribution in [3.05, 3.63) is 53.6 Å². The fourth-order valence-corrected chi connectivity index (χ4v) is 2.79. The summed E-state index contributed by atoms with van der Waals surface area (Å²) in [7, 11) is 0. The fraction of sp³-hybridized carbons (Fsp3) is 0.316. The van der Waals surface area contributed by atoms with Gasteiger partial charge in [-0.05, 0) is 50.6 Å². The smallest absolute Gasteiger partial charge is 0.263 e. The number of benzene rings is 1. The molecule has 3 heterocycles. The van der Waals surface area contributed by atoms with Crippen molar-refractivity contribution >= 4 is 0 Å². The van der Waals surface area contributed by atoms with Crippen molar-refractivity contribution in [2.45, 2.75) is 32.9 Å². The van der Waals surface area contributed by atoms with E-state index in [0.717, 1.165) is 28.5 Å². The fourth-order valence-electron chi connectivity index (χ4n) is 2.79. The number of hydrogen-bond acceptors (Lipinski definition) is 6. The second-order valence-electron chi connectivity index (χ2n) is 6.55. The molecule has 3 aromatic rings. The molecule has 0 atom stereocenters. The summed E-state index contributed by atoms with van der Waals surface area (Å²) in [6.07, 6.45) is 1.61. The van der Waals surface area contributed by atoms with E-state index in [2.05, 4.69) is 24.1 Å². The maximum Gasteiger partial charge on any atom is 0.263 e. The monoisotopic (exact) mass is 340 g/mol. The van der Waals surface area contributed by atoms with Crippen molar-refractivity contribution in [3.63, 3.8) is 0 Å². The van der Waals surface area contributed by atoms with E-state index < -0.39 is 0 Å². The molecule has 130 valence electrons. The second kappa shape index (κ2) is 5.97. The van der Waals surface area contributed by atoms with Gasteiger partial charge in [0.05, 0.1) is 12.0 Å². The van der Waals surface area contributed by atoms with Crippen LogP contribution >= 0.6 is 0 Å². The van der Waals surface area contributed by atoms with Gasteiger partial charge in [-0.2, -0.15) is 0 Å². The first kappa shape index (κ1) is 15.8. The third-order valence-electron chi connectivity index (χ3n) is 4.42. The SMILES string of the molecule is Cc1oc(-c2ccco2)nc1CNC(C)(C)c1ccc2c(c1)OCO2. The van der Waals surface area contributed by atoms with Gasteiger partial charge in [0.2, 0.25) is 6.79 Å². The minimum absolute atomic E-state index is 0.267. The van der Waals surface area contributed by atoms with Crippen molar-refractivity contribution in [2.24, 2.45) is 0 Å². The van der Waals surface area contributed by atoms with Crippen LogP contribution in [0.5, 0.6) is 11.5 Å². The zero-order chi connectivity index (χ0) is 17.4. The lowest BCUT2D eigenvalue weighted by molar-refractivity contribution is 0.174. The second-order valence-corrected chi connectivity index (χ2v) is 6.55. The number of rotatable bonds is 5. The molecule has 0 fully saturated rings. The Morgan fingerprint density at radius 2 is 2.00 bits per heavy atom. The van der Waals surface area contributed by atoms with E-state index in [1.165, 1.54) is 0 Å². The van der Waals surface area contributed by atoms with Gasteiger partial charge < -0.3 is 23.6 Å². The predicted octanol–water partition coefficient (Wildman–Crippen LogP) is 4.00. The minimum Gasteiger partial charge on any atom is -0.459 e. The Hall–Kier alpha value is -2.73. The van der Waals surface area contributed by atoms with Gasteiger partial charge >= 0.3 is 0 Å². The summed E-state index contributed by atoms with van der Waals surface area (Å²) in [5.74, 6) is 3.48. The number of aromatic nitrogens is 1. The topological polar surface area (TPSA) is 69.7 Å². The molecule has 0 saturated carbocycles. The first-order valence-electron chi connectivity index (χ1n) is 8.18. The quantitative estimate of drug-likeness (QED) is 0.757. The van der Waals surface area contributed by atoms with E-state index in [-0.39, 0.29) is 12.3 Å². The Morgan fingerprint density at radius 3 is 2.80 bits per heavy atom. The number of hydrogen-bond donors (Lipinski definition) is 1. The van der Waals surface area contributed by atoms with Crippen LogP contribution < -0.4 is 14.8 Å². The van der Waals surface area contributed by atoms with Gasteiger partial charge in [-0.15, -0.1) is 0 Å². The molecule has 0 spiro atoms. The van der Waals surface area contributed by atoms with E-state index in [9.17, 15) is 0 Å². The first-order chi connectivity index (χ1) is 12.0. The minimum atomic E-state index is -0.267. The van der Waals surface area contributed by atoms with Crippen LogP contribution in [0.25, 0.3) is 11.7 Å². The summed E-state index contributed by atoms with van der Waals surface area (Å²) in [6.45, 7) is 7.00. The van der Waals surface area contributed by atoms with E-state index in [1.54, 1.807) is 6.26 Å². The lowest BCUT2D eigenvalue weighted by Crippen LogP contribution is -2.36. The zero-order valence-electron chi connectivity index (χ0n) is 14.5. The molecule has 0 unspecified atom stereocenters. The highest BCUT2D eigenvalue weighted by Crippen LogP contribution is 2.35. The molecule has 0 aliphatic carbocycles. The van der Waals surface area contributed by atoms with E-state index in [4.69, 9.17) is 18.3 Å². The molecule has 6 heteroatoms. The highest BCUT2D eigenvalue weighted by atomic mass is 16.7. The molecule has 0 bridgehead atoms. The van der Waals surface area contributed by atoms with E-state index >= 15 is 0 Å². The van der Waals surface area contributed by atoms with Gasteiger partial charge in [-0.3, -0.25) is 0 Å². The van der Waals surface area contributed by atoms with E-state index in [1.807, 2.05) is 37.3 Å². The van der Waals surface area contributed by atoms with Gasteiger partial charge in [-0.25, -0.2) is 4.98 Å². The van der Waals surface area contributed by atoms with Crippen LogP contribution in [0.15, 0.2) is 45.4 Å². The molecule has 0 amide bonds. The molecule has 0 saturated heterocycles. The molecule has 1 aromatic carbocycles. The van der Waals surface area contributed by atoms with Gasteiger partial charge in [0, 0.05) is 12.1 Å². The summed E-state index contributed by atoms with van der Waals surface area (Å²) >= 11 is 0. The molecule has 25 heavy (non-hydrogen) atoms. The van der Waals surface area contributed by atoms with Crippen LogP contribution in [0.2, 0.25) is 0 Å². The summed E-state index contributed by atoms with van der Waals surface area (Å²) in [5, 5.41) is 3.53. The van der Waals surface area contributed by atoms with Crippen LogP contribution in [-0.4, -0.2) is 11.8 Å². The highest BCUT2D eigenvalue weighted by Gasteiger charge is 2.24. The zero-order valence-corrected chi connectivity index (χ0v) is 14.5. The molecule has 2 aromatic heterocycles. The summed E-state index contributed by atoms with van der Waals surface area (Å²) in [6, 6.07) is 9.65. The number of oxazole rings is 1. The number of ether oxygens (including phenoxy) is 2. The van der Waals surface area contributed by atoms with Crippen LogP contribution in [0, 0.1) is 6.92 Å². The van der Waals surface area contributed by atoms with Crippen LogP contribution in [0.3, 0.4) is 0 Å². The predicted molar refractivity (Wildman–Crippen MR) is 91.4 cm³/mol. The summed E-state index contributed by atoms with van der Waals surface area (Å²) < 4.78 is 21.9. The molecule has 4 rings (SSSR count). The number of fused-ring (bicyclic) bond motifs is 1. The maximum absolute atomic E-state index is 5.71. The number of aryl methyl sites for hydroxylation is 1. The lowest BCUT2D eigenvalue weighted by Gasteiger charge is -2.27. The van der Waals surface area contributed by atoms with E-state index in [0.29, 0.717) is 18.2 Å². The molecule has 1 N–H and O–H groups in total. The number of nitrogens with zero attached hydrogens (tertiary/aromatic N) is 1. The van der Waals surface area contributed by atoms with Crippen molar-refractivity contribution < 1.29 is 18.3 Å². The summed E-state index contributed by atoms with van der Waals surface area (Å²) in [5.41, 5.74) is 1.71. The molecular formula is C19H20N2O4. The lowest BCUT2D eigenvalue weighted by atomic mass is 9.93. The molecule has 1 aliphatic heterocycles. The Balaban J connectivity index is 1.50. The van der Waals surface area contributed by atoms with Crippen LogP contribution in [0.1, 0.15) is 30.9 Å². The average Bonchev–Trinajstić information content (AvgIpc) is 3.33. The average molecular weight is 340 g/mol. The summed E-state index contributed by atoms with van der Waals surface area (Å²) in [4.78, 5) is 4.54. The third kappa shape index (κ3) is 3.00. The van der Waals surface area contributed by atoms with Crippen LogP contribution in [-0.2, 0) is 12.1 Å². The van der Waals surface area contributed by atoms with Gasteiger partial charge in [0.15, 0.2) is 17.3 Å². The van der Waals surface area contributed by atoms with Crippen LogP contribution in [0.4, 0.5) is 0 Å². The molecule has 0 radical (unpaired) electrons. The standard InChI is InChI=1S/C19H20N2O4/c1-12-14(21-18(25-12)16-5-4-8-22-16)10-20-19(2,3)13-6-7-15-17(9-13)24-11-23-15/h4-9,20H,10-11H2,1-3H3. The third-order valence-corrected chi connectivity index (χ3v) is 4.42. The number of furan rings is 1. The molecule has 6 nitrogen and oxygen atoms in total. The Bertz CT molecular complexity index is 881. The van der Waals surface area contributed by atoms with Crippen molar-refractivity contribution in [3.8, 4) is 23.1 Å². The van der Waals surface area contributed by atoms with Crippen molar-refractivity contribution in [2.75, 3.05) is 6.79 Å². The largest absolute Gasteiger partial charge is 0.459 e. The molecular weight excluding hydrogens is 320 g/mol. The van der Waals surface area contributed by atoms with Gasteiger partial charge in [0.1, 0.15) is 5.76 Å². The van der Waals surface area contributed by atoms with Gasteiger partial charge in [0.25, 0.3) is 5.89 Å². The first-order valence-corrected chi connectivity index (χ1v) is 8.18. The van der Waals surface area contributed by atoms with Crippen molar-refractivity contribution in [1.82, 2.24) is 10.3 Å². The van der Waals surface area contributed by atoms with Crippen molar-refractivity contribution in [1.29, 1.82) is 0 Å². The maximum atomic E-state index is 5.71. The Labute approximate surface area is 145 Å². The normalized spacial score (nSPS) is 13.4. The number of nitrogens with one attached hydrogen (secondary N) is 1. The Morgan fingerprint density at radius 1 is 1.16 bits per heavy atom. The van der Waals surface area contributed by atoms with Gasteiger partial charge in [-0.1, -0.05) is 6.07 Å².